The molecule has 0 amide bonds. The van der Waals surface area contributed by atoms with Crippen LogP contribution >= 0.6 is 0 Å². The summed E-state index contributed by atoms with van der Waals surface area (Å²) in [5, 5.41) is 2.52. The average molecular weight is 261 g/mol. The van der Waals surface area contributed by atoms with Crippen LogP contribution in [0.1, 0.15) is 0 Å². The van der Waals surface area contributed by atoms with Crippen molar-refractivity contribution in [2.45, 2.75) is 0 Å². The van der Waals surface area contributed by atoms with Gasteiger partial charge in [-0.05, 0) is 12.1 Å². The summed E-state index contributed by atoms with van der Waals surface area (Å²) in [5.41, 5.74) is 0. The Hall–Kier alpha value is -1.44. The summed E-state index contributed by atoms with van der Waals surface area (Å²) in [6.45, 7) is -0.348. The first-order valence-electron chi connectivity index (χ1n) is 4.69. The number of nitrogens with one attached hydrogen (secondary N) is 1. The number of rotatable bonds is 6. The highest BCUT2D eigenvalue weighted by molar-refractivity contribution is 7.89. The fourth-order valence-electron chi connectivity index (χ4n) is 1.01. The lowest BCUT2D eigenvalue weighted by Crippen LogP contribution is -2.25. The van der Waals surface area contributed by atoms with Gasteiger partial charge in [0.2, 0.25) is 0 Å². The van der Waals surface area contributed by atoms with Gasteiger partial charge in [-0.2, -0.15) is 8.42 Å². The number of hydrogen-bond acceptors (Lipinski definition) is 4. The Bertz CT molecular complexity index is 472. The van der Waals surface area contributed by atoms with Gasteiger partial charge < -0.3 is 4.74 Å². The Kier molecular flexibility index (Phi) is 5.08. The van der Waals surface area contributed by atoms with E-state index in [1.165, 1.54) is 0 Å². The fourth-order valence-corrected chi connectivity index (χ4v) is 1.41. The van der Waals surface area contributed by atoms with E-state index in [2.05, 4.69) is 5.32 Å². The van der Waals surface area contributed by atoms with Gasteiger partial charge in [0.15, 0.2) is 0 Å². The van der Waals surface area contributed by atoms with Crippen molar-refractivity contribution >= 4 is 10.1 Å². The summed E-state index contributed by atoms with van der Waals surface area (Å²) in [6.07, 6.45) is -0.162. The van der Waals surface area contributed by atoms with E-state index in [9.17, 15) is 12.8 Å². The third-order valence-corrected chi connectivity index (χ3v) is 2.73. The first kappa shape index (κ1) is 13.6. The number of halogens is 1. The van der Waals surface area contributed by atoms with Crippen molar-refractivity contribution in [2.24, 2.45) is 0 Å². The van der Waals surface area contributed by atoms with Crippen LogP contribution in [0.5, 0.6) is 5.75 Å². The van der Waals surface area contributed by atoms with E-state index in [-0.39, 0.29) is 19.6 Å². The van der Waals surface area contributed by atoms with Gasteiger partial charge in [-0.15, -0.1) is 0 Å². The molecule has 1 rings (SSSR count). The van der Waals surface area contributed by atoms with Gasteiger partial charge in [-0.3, -0.25) is 9.87 Å². The second kappa shape index (κ2) is 6.33. The third kappa shape index (κ3) is 4.94. The van der Waals surface area contributed by atoms with E-state index in [4.69, 9.17) is 9.29 Å². The summed E-state index contributed by atoms with van der Waals surface area (Å²) in [7, 11) is -4.49. The molecule has 0 bridgehead atoms. The number of hydrogen-bond donors (Lipinski definition) is 2. The van der Waals surface area contributed by atoms with Crippen molar-refractivity contribution < 1.29 is 22.1 Å². The minimum absolute atomic E-state index is 0.00310. The van der Waals surface area contributed by atoms with Gasteiger partial charge in [-0.1, -0.05) is 18.2 Å². The normalized spacial score (nSPS) is 12.5. The molecule has 0 unspecified atom stereocenters. The number of para-hydroxylation sites is 1. The van der Waals surface area contributed by atoms with Crippen molar-refractivity contribution in [1.29, 1.82) is 0 Å². The Morgan fingerprint density at radius 2 is 2.06 bits per heavy atom. The summed E-state index contributed by atoms with van der Waals surface area (Å²) in [6, 6.07) is 8.82. The standard InChI is InChI=1S/C10H12FNO4S/c11-6-10(17(13,14)15)7-12-8-16-9-4-2-1-3-5-9/h1-6,12H,7-8H2,(H,13,14,15)/b10-6-. The van der Waals surface area contributed by atoms with Gasteiger partial charge in [0, 0.05) is 6.54 Å². The quantitative estimate of drug-likeness (QED) is 0.459. The zero-order valence-corrected chi connectivity index (χ0v) is 9.65. The number of benzene rings is 1. The van der Waals surface area contributed by atoms with Crippen molar-refractivity contribution in [2.75, 3.05) is 13.3 Å². The van der Waals surface area contributed by atoms with Crippen LogP contribution < -0.4 is 10.1 Å². The molecule has 17 heavy (non-hydrogen) atoms. The molecular weight excluding hydrogens is 249 g/mol. The Labute approximate surface area is 98.7 Å². The highest BCUT2D eigenvalue weighted by Gasteiger charge is 2.13. The van der Waals surface area contributed by atoms with Crippen LogP contribution in [0.25, 0.3) is 0 Å². The fraction of sp³-hybridized carbons (Fsp3) is 0.200. The zero-order valence-electron chi connectivity index (χ0n) is 8.84. The van der Waals surface area contributed by atoms with Crippen LogP contribution in [0.3, 0.4) is 0 Å². The van der Waals surface area contributed by atoms with E-state index in [0.717, 1.165) is 0 Å². The molecule has 0 atom stereocenters. The van der Waals surface area contributed by atoms with Gasteiger partial charge >= 0.3 is 0 Å². The van der Waals surface area contributed by atoms with Crippen LogP contribution in [0.4, 0.5) is 4.39 Å². The SMILES string of the molecule is O=S(=O)(O)/C(=C\F)CNCOc1ccccc1. The summed E-state index contributed by atoms with van der Waals surface area (Å²) >= 11 is 0. The van der Waals surface area contributed by atoms with Crippen LogP contribution in [-0.4, -0.2) is 26.2 Å². The Morgan fingerprint density at radius 1 is 1.41 bits per heavy atom. The van der Waals surface area contributed by atoms with Gasteiger partial charge in [-0.25, -0.2) is 4.39 Å². The predicted molar refractivity (Wildman–Crippen MR) is 60.7 cm³/mol. The van der Waals surface area contributed by atoms with Gasteiger partial charge in [0.25, 0.3) is 10.1 Å². The Morgan fingerprint density at radius 3 is 2.59 bits per heavy atom. The van der Waals surface area contributed by atoms with Crippen LogP contribution in [-0.2, 0) is 10.1 Å². The third-order valence-electron chi connectivity index (χ3n) is 1.84. The molecule has 0 fully saturated rings. The maximum atomic E-state index is 12.1. The second-order valence-corrected chi connectivity index (χ2v) is 4.55. The molecule has 0 aliphatic carbocycles. The molecule has 0 heterocycles. The molecule has 0 spiro atoms. The smallest absolute Gasteiger partial charge is 0.294 e. The summed E-state index contributed by atoms with van der Waals surface area (Å²) in [4.78, 5) is -0.742. The lowest BCUT2D eigenvalue weighted by atomic mass is 10.3. The molecule has 5 nitrogen and oxygen atoms in total. The lowest BCUT2D eigenvalue weighted by Gasteiger charge is -2.07. The van der Waals surface area contributed by atoms with Gasteiger partial charge in [0.05, 0.1) is 0 Å². The minimum atomic E-state index is -4.49. The molecule has 0 aliphatic heterocycles. The molecule has 1 aromatic carbocycles. The maximum Gasteiger partial charge on any atom is 0.294 e. The predicted octanol–water partition coefficient (Wildman–Crippen LogP) is 1.31. The Balaban J connectivity index is 2.34. The molecule has 7 heteroatoms. The van der Waals surface area contributed by atoms with Crippen molar-refractivity contribution in [3.05, 3.63) is 41.6 Å². The molecule has 0 aliphatic rings. The minimum Gasteiger partial charge on any atom is -0.478 e. The van der Waals surface area contributed by atoms with E-state index in [1.807, 2.05) is 6.07 Å². The summed E-state index contributed by atoms with van der Waals surface area (Å²) in [5.74, 6) is 0.595. The molecule has 0 saturated heterocycles. The molecule has 1 aromatic rings. The first-order chi connectivity index (χ1) is 8.04. The van der Waals surface area contributed by atoms with E-state index < -0.39 is 15.0 Å². The molecule has 0 radical (unpaired) electrons. The van der Waals surface area contributed by atoms with Crippen LogP contribution in [0.15, 0.2) is 41.6 Å². The van der Waals surface area contributed by atoms with Crippen LogP contribution in [0.2, 0.25) is 0 Å². The lowest BCUT2D eigenvalue weighted by molar-refractivity contribution is 0.289. The van der Waals surface area contributed by atoms with Crippen LogP contribution in [0, 0.1) is 0 Å². The monoisotopic (exact) mass is 261 g/mol. The number of ether oxygens (including phenoxy) is 1. The average Bonchev–Trinajstić information content (AvgIpc) is 2.28. The van der Waals surface area contributed by atoms with E-state index >= 15 is 0 Å². The second-order valence-electron chi connectivity index (χ2n) is 3.08. The topological polar surface area (TPSA) is 75.6 Å². The largest absolute Gasteiger partial charge is 0.478 e. The molecular formula is C10H12FNO4S. The first-order valence-corrected chi connectivity index (χ1v) is 6.13. The van der Waals surface area contributed by atoms with Crippen molar-refractivity contribution in [3.63, 3.8) is 0 Å². The van der Waals surface area contributed by atoms with Crippen molar-refractivity contribution in [3.8, 4) is 5.75 Å². The zero-order chi connectivity index (χ0) is 12.7. The van der Waals surface area contributed by atoms with E-state index in [0.29, 0.717) is 5.75 Å². The molecule has 2 N–H and O–H groups in total. The maximum absolute atomic E-state index is 12.1. The van der Waals surface area contributed by atoms with Crippen molar-refractivity contribution in [1.82, 2.24) is 5.32 Å². The van der Waals surface area contributed by atoms with E-state index in [1.54, 1.807) is 24.3 Å². The summed E-state index contributed by atoms with van der Waals surface area (Å²) < 4.78 is 47.1. The molecule has 0 aromatic heterocycles. The molecule has 0 saturated carbocycles. The molecule has 94 valence electrons. The highest BCUT2D eigenvalue weighted by Crippen LogP contribution is 2.07. The van der Waals surface area contributed by atoms with Gasteiger partial charge in [0.1, 0.15) is 23.7 Å². The highest BCUT2D eigenvalue weighted by atomic mass is 32.2.